The molecule has 0 aromatic carbocycles. The van der Waals surface area contributed by atoms with Crippen molar-refractivity contribution in [2.75, 3.05) is 20.1 Å². The smallest absolute Gasteiger partial charge is 0.345 e. The van der Waals surface area contributed by atoms with Gasteiger partial charge in [0.2, 0.25) is 10.0 Å². The van der Waals surface area contributed by atoms with Crippen LogP contribution in [0, 0.1) is 0 Å². The fourth-order valence-corrected chi connectivity index (χ4v) is 4.45. The zero-order valence-electron chi connectivity index (χ0n) is 10.5. The summed E-state index contributed by atoms with van der Waals surface area (Å²) >= 11 is 0.777. The first-order chi connectivity index (χ1) is 8.88. The third kappa shape index (κ3) is 3.53. The lowest BCUT2D eigenvalue weighted by Gasteiger charge is -2.29. The minimum absolute atomic E-state index is 0.0313. The molecule has 0 unspecified atom stereocenters. The van der Waals surface area contributed by atoms with E-state index < -0.39 is 16.0 Å². The molecule has 2 rings (SSSR count). The standard InChI is InChI=1S/C11H16N2O4S2/c1-13-6-4-8(5-7-13)12-19(16,17)10-3-2-9(18-10)11(14)15/h2-3,8,12H,4-7H2,1H3,(H,14,15). The molecule has 2 heterocycles. The van der Waals surface area contributed by atoms with Gasteiger partial charge in [0.05, 0.1) is 0 Å². The highest BCUT2D eigenvalue weighted by Gasteiger charge is 2.25. The number of sulfonamides is 1. The Kier molecular flexibility index (Phi) is 4.24. The van der Waals surface area contributed by atoms with Crippen molar-refractivity contribution in [3.05, 3.63) is 17.0 Å². The van der Waals surface area contributed by atoms with Crippen LogP contribution in [0.4, 0.5) is 0 Å². The zero-order valence-corrected chi connectivity index (χ0v) is 12.1. The van der Waals surface area contributed by atoms with Gasteiger partial charge in [-0.1, -0.05) is 0 Å². The van der Waals surface area contributed by atoms with Crippen LogP contribution in [0.1, 0.15) is 22.5 Å². The maximum Gasteiger partial charge on any atom is 0.345 e. The fraction of sp³-hybridized carbons (Fsp3) is 0.545. The van der Waals surface area contributed by atoms with Crippen LogP contribution in [0.3, 0.4) is 0 Å². The molecule has 0 radical (unpaired) electrons. The second kappa shape index (κ2) is 5.58. The highest BCUT2D eigenvalue weighted by Crippen LogP contribution is 2.22. The Bertz CT molecular complexity index is 559. The van der Waals surface area contributed by atoms with Crippen molar-refractivity contribution in [3.63, 3.8) is 0 Å². The number of carboxylic acid groups (broad SMARTS) is 1. The van der Waals surface area contributed by atoms with Crippen LogP contribution >= 0.6 is 11.3 Å². The second-order valence-electron chi connectivity index (χ2n) is 4.62. The summed E-state index contributed by atoms with van der Waals surface area (Å²) in [6.07, 6.45) is 1.54. The molecular weight excluding hydrogens is 288 g/mol. The first-order valence-corrected chi connectivity index (χ1v) is 8.22. The van der Waals surface area contributed by atoms with Gasteiger partial charge in [0, 0.05) is 6.04 Å². The molecule has 6 nitrogen and oxygen atoms in total. The predicted octanol–water partition coefficient (Wildman–Crippen LogP) is 0.819. The van der Waals surface area contributed by atoms with Crippen molar-refractivity contribution >= 4 is 27.3 Å². The Morgan fingerprint density at radius 2 is 2.05 bits per heavy atom. The molecule has 0 atom stereocenters. The minimum Gasteiger partial charge on any atom is -0.477 e. The third-order valence-corrected chi connectivity index (χ3v) is 6.18. The number of hydrogen-bond donors (Lipinski definition) is 2. The van der Waals surface area contributed by atoms with Gasteiger partial charge in [0.25, 0.3) is 0 Å². The van der Waals surface area contributed by atoms with E-state index in [0.29, 0.717) is 0 Å². The number of nitrogens with zero attached hydrogens (tertiary/aromatic N) is 1. The van der Waals surface area contributed by atoms with Gasteiger partial charge in [0.1, 0.15) is 9.09 Å². The van der Waals surface area contributed by atoms with Crippen LogP contribution in [0.2, 0.25) is 0 Å². The van der Waals surface area contributed by atoms with E-state index in [-0.39, 0.29) is 15.1 Å². The molecule has 1 aliphatic rings. The van der Waals surface area contributed by atoms with Gasteiger partial charge in [-0.25, -0.2) is 17.9 Å². The SMILES string of the molecule is CN1CCC(NS(=O)(=O)c2ccc(C(=O)O)s2)CC1. The Morgan fingerprint density at radius 1 is 1.42 bits per heavy atom. The largest absolute Gasteiger partial charge is 0.477 e. The zero-order chi connectivity index (χ0) is 14.0. The van der Waals surface area contributed by atoms with Gasteiger partial charge < -0.3 is 10.0 Å². The van der Waals surface area contributed by atoms with Gasteiger partial charge in [-0.2, -0.15) is 0 Å². The Labute approximate surface area is 116 Å². The van der Waals surface area contributed by atoms with Crippen molar-refractivity contribution in [1.82, 2.24) is 9.62 Å². The van der Waals surface area contributed by atoms with Crippen LogP contribution in [-0.4, -0.2) is 50.6 Å². The van der Waals surface area contributed by atoms with E-state index in [2.05, 4.69) is 9.62 Å². The number of hydrogen-bond acceptors (Lipinski definition) is 5. The molecule has 1 aromatic heterocycles. The van der Waals surface area contributed by atoms with E-state index in [0.717, 1.165) is 37.3 Å². The maximum absolute atomic E-state index is 12.1. The number of thiophene rings is 1. The molecule has 0 aliphatic carbocycles. The molecule has 1 aromatic rings. The molecule has 2 N–H and O–H groups in total. The van der Waals surface area contributed by atoms with E-state index in [1.165, 1.54) is 12.1 Å². The molecule has 8 heteroatoms. The second-order valence-corrected chi connectivity index (χ2v) is 7.65. The number of nitrogens with one attached hydrogen (secondary N) is 1. The quantitative estimate of drug-likeness (QED) is 0.860. The lowest BCUT2D eigenvalue weighted by Crippen LogP contribution is -2.43. The number of carbonyl (C=O) groups is 1. The molecule has 19 heavy (non-hydrogen) atoms. The fourth-order valence-electron chi connectivity index (χ4n) is 1.98. The highest BCUT2D eigenvalue weighted by molar-refractivity contribution is 7.91. The number of piperidine rings is 1. The van der Waals surface area contributed by atoms with Crippen LogP contribution in [-0.2, 0) is 10.0 Å². The molecule has 0 bridgehead atoms. The molecule has 0 spiro atoms. The van der Waals surface area contributed by atoms with E-state index in [1.807, 2.05) is 7.05 Å². The average molecular weight is 304 g/mol. The summed E-state index contributed by atoms with van der Waals surface area (Å²) in [5, 5.41) is 8.80. The molecule has 106 valence electrons. The van der Waals surface area contributed by atoms with Crippen molar-refractivity contribution in [2.24, 2.45) is 0 Å². The third-order valence-electron chi connectivity index (χ3n) is 3.10. The van der Waals surface area contributed by atoms with Crippen LogP contribution in [0.15, 0.2) is 16.3 Å². The van der Waals surface area contributed by atoms with E-state index in [4.69, 9.17) is 5.11 Å². The summed E-state index contributed by atoms with van der Waals surface area (Å²) < 4.78 is 26.9. The van der Waals surface area contributed by atoms with Crippen LogP contribution in [0.25, 0.3) is 0 Å². The van der Waals surface area contributed by atoms with Gasteiger partial charge in [-0.15, -0.1) is 11.3 Å². The first kappa shape index (κ1) is 14.4. The molecular formula is C11H16N2O4S2. The molecule has 0 saturated carbocycles. The monoisotopic (exact) mass is 304 g/mol. The van der Waals surface area contributed by atoms with Crippen LogP contribution < -0.4 is 4.72 Å². The normalized spacial score (nSPS) is 18.6. The summed E-state index contributed by atoms with van der Waals surface area (Å²) in [6, 6.07) is 2.58. The minimum atomic E-state index is -3.60. The lowest BCUT2D eigenvalue weighted by atomic mass is 10.1. The summed E-state index contributed by atoms with van der Waals surface area (Å²) in [7, 11) is -1.60. The molecule has 0 amide bonds. The number of aromatic carboxylic acids is 1. The lowest BCUT2D eigenvalue weighted by molar-refractivity contribution is 0.0702. The van der Waals surface area contributed by atoms with Crippen molar-refractivity contribution < 1.29 is 18.3 Å². The van der Waals surface area contributed by atoms with Gasteiger partial charge in [-0.3, -0.25) is 0 Å². The summed E-state index contributed by atoms with van der Waals surface area (Å²) in [5.74, 6) is -1.11. The molecule has 1 fully saturated rings. The number of rotatable bonds is 4. The average Bonchev–Trinajstić information content (AvgIpc) is 2.82. The Balaban J connectivity index is 2.07. The first-order valence-electron chi connectivity index (χ1n) is 5.92. The van der Waals surface area contributed by atoms with E-state index >= 15 is 0 Å². The summed E-state index contributed by atoms with van der Waals surface area (Å²) in [5.41, 5.74) is 0. The Morgan fingerprint density at radius 3 is 2.58 bits per heavy atom. The predicted molar refractivity (Wildman–Crippen MR) is 72.1 cm³/mol. The molecule has 1 saturated heterocycles. The van der Waals surface area contributed by atoms with E-state index in [9.17, 15) is 13.2 Å². The number of likely N-dealkylation sites (tertiary alicyclic amines) is 1. The highest BCUT2D eigenvalue weighted by atomic mass is 32.2. The summed E-state index contributed by atoms with van der Waals surface area (Å²) in [4.78, 5) is 12.9. The van der Waals surface area contributed by atoms with Crippen molar-refractivity contribution in [3.8, 4) is 0 Å². The molecule has 1 aliphatic heterocycles. The topological polar surface area (TPSA) is 86.7 Å². The van der Waals surface area contributed by atoms with Gasteiger partial charge in [0.15, 0.2) is 0 Å². The van der Waals surface area contributed by atoms with Gasteiger partial charge >= 0.3 is 5.97 Å². The van der Waals surface area contributed by atoms with Gasteiger partial charge in [-0.05, 0) is 45.1 Å². The summed E-state index contributed by atoms with van der Waals surface area (Å²) in [6.45, 7) is 1.72. The van der Waals surface area contributed by atoms with Crippen molar-refractivity contribution in [1.29, 1.82) is 0 Å². The van der Waals surface area contributed by atoms with Crippen molar-refractivity contribution in [2.45, 2.75) is 23.1 Å². The Hall–Kier alpha value is -0.960. The van der Waals surface area contributed by atoms with E-state index in [1.54, 1.807) is 0 Å². The number of carboxylic acids is 1. The van der Waals surface area contributed by atoms with Crippen LogP contribution in [0.5, 0.6) is 0 Å². The maximum atomic E-state index is 12.1.